The van der Waals surface area contributed by atoms with Gasteiger partial charge in [-0.1, -0.05) is 12.1 Å². The van der Waals surface area contributed by atoms with Crippen LogP contribution in [0.5, 0.6) is 0 Å². The van der Waals surface area contributed by atoms with E-state index in [-0.39, 0.29) is 23.7 Å². The predicted molar refractivity (Wildman–Crippen MR) is 77.3 cm³/mol. The number of H-pyrrole nitrogens is 1. The predicted octanol–water partition coefficient (Wildman–Crippen LogP) is 2.37. The van der Waals surface area contributed by atoms with E-state index in [4.69, 9.17) is 0 Å². The summed E-state index contributed by atoms with van der Waals surface area (Å²) in [5.41, 5.74) is 2.45. The van der Waals surface area contributed by atoms with Crippen LogP contribution in [0, 0.1) is 11.8 Å². The van der Waals surface area contributed by atoms with Gasteiger partial charge in [0.05, 0.1) is 11.4 Å². The first kappa shape index (κ1) is 12.3. The Hall–Kier alpha value is -2.43. The summed E-state index contributed by atoms with van der Waals surface area (Å²) < 4.78 is 0. The van der Waals surface area contributed by atoms with E-state index < -0.39 is 0 Å². The number of anilines is 1. The van der Waals surface area contributed by atoms with Crippen molar-refractivity contribution in [2.75, 3.05) is 4.90 Å². The van der Waals surface area contributed by atoms with Crippen LogP contribution < -0.4 is 4.90 Å². The maximum absolute atomic E-state index is 12.5. The Morgan fingerprint density at radius 3 is 2.52 bits per heavy atom. The summed E-state index contributed by atoms with van der Waals surface area (Å²) in [4.78, 5) is 26.3. The third-order valence-electron chi connectivity index (χ3n) is 4.49. The van der Waals surface area contributed by atoms with Crippen LogP contribution in [0.3, 0.4) is 0 Å². The van der Waals surface area contributed by atoms with Crippen LogP contribution in [0.1, 0.15) is 19.3 Å². The SMILES string of the molecule is O=C1C2CCC(C2)C(=O)N1c1cccc(-c2ccn[nH]2)c1. The Bertz CT molecular complexity index is 686. The number of carbonyl (C=O) groups is 2. The molecule has 2 amide bonds. The molecule has 1 aromatic carbocycles. The number of nitrogens with one attached hydrogen (secondary N) is 1. The van der Waals surface area contributed by atoms with E-state index in [2.05, 4.69) is 10.2 Å². The number of amides is 2. The molecule has 21 heavy (non-hydrogen) atoms. The molecule has 1 aliphatic heterocycles. The molecule has 5 nitrogen and oxygen atoms in total. The zero-order valence-electron chi connectivity index (χ0n) is 11.5. The lowest BCUT2D eigenvalue weighted by atomic mass is 9.96. The van der Waals surface area contributed by atoms with Gasteiger partial charge < -0.3 is 0 Å². The van der Waals surface area contributed by atoms with Crippen molar-refractivity contribution in [3.05, 3.63) is 36.5 Å². The van der Waals surface area contributed by atoms with Crippen LogP contribution in [-0.4, -0.2) is 22.0 Å². The molecule has 0 spiro atoms. The van der Waals surface area contributed by atoms with E-state index in [1.807, 2.05) is 30.3 Å². The number of benzene rings is 1. The Morgan fingerprint density at radius 2 is 1.86 bits per heavy atom. The van der Waals surface area contributed by atoms with Gasteiger partial charge in [0, 0.05) is 23.6 Å². The highest BCUT2D eigenvalue weighted by atomic mass is 16.2. The minimum atomic E-state index is -0.0458. The summed E-state index contributed by atoms with van der Waals surface area (Å²) >= 11 is 0. The summed E-state index contributed by atoms with van der Waals surface area (Å²) in [5.74, 6) is -0.0574. The molecule has 1 N–H and O–H groups in total. The van der Waals surface area contributed by atoms with Gasteiger partial charge in [0.2, 0.25) is 11.8 Å². The van der Waals surface area contributed by atoms with Crippen molar-refractivity contribution in [2.24, 2.45) is 11.8 Å². The molecule has 1 aromatic heterocycles. The first-order valence-electron chi connectivity index (χ1n) is 7.21. The summed E-state index contributed by atoms with van der Waals surface area (Å²) in [7, 11) is 0. The molecule has 106 valence electrons. The molecule has 2 heterocycles. The van der Waals surface area contributed by atoms with Crippen LogP contribution in [0.25, 0.3) is 11.3 Å². The summed E-state index contributed by atoms with van der Waals surface area (Å²) in [6.45, 7) is 0. The van der Waals surface area contributed by atoms with Crippen LogP contribution in [-0.2, 0) is 9.59 Å². The Morgan fingerprint density at radius 1 is 1.10 bits per heavy atom. The largest absolute Gasteiger partial charge is 0.278 e. The lowest BCUT2D eigenvalue weighted by Gasteiger charge is -2.29. The van der Waals surface area contributed by atoms with E-state index in [0.29, 0.717) is 5.69 Å². The third kappa shape index (κ3) is 1.88. The van der Waals surface area contributed by atoms with Crippen LogP contribution in [0.2, 0.25) is 0 Å². The molecule has 2 bridgehead atoms. The standard InChI is InChI=1S/C16H15N3O2/c20-15-11-4-5-12(8-11)16(21)19(15)13-3-1-2-10(9-13)14-6-7-17-18-14/h1-3,6-7,9,11-12H,4-5,8H2,(H,17,18). The molecular formula is C16H15N3O2. The highest BCUT2D eigenvalue weighted by molar-refractivity contribution is 6.18. The molecule has 2 aromatic rings. The van der Waals surface area contributed by atoms with Crippen molar-refractivity contribution >= 4 is 17.5 Å². The van der Waals surface area contributed by atoms with Crippen LogP contribution in [0.15, 0.2) is 36.5 Å². The van der Waals surface area contributed by atoms with Gasteiger partial charge in [0.15, 0.2) is 0 Å². The number of fused-ring (bicyclic) bond motifs is 2. The van der Waals surface area contributed by atoms with Gasteiger partial charge in [-0.3, -0.25) is 19.6 Å². The van der Waals surface area contributed by atoms with Gasteiger partial charge >= 0.3 is 0 Å². The van der Waals surface area contributed by atoms with Gasteiger partial charge in [-0.15, -0.1) is 0 Å². The lowest BCUT2D eigenvalue weighted by Crippen LogP contribution is -2.46. The smallest absolute Gasteiger partial charge is 0.236 e. The fourth-order valence-corrected chi connectivity index (χ4v) is 3.39. The van der Waals surface area contributed by atoms with Crippen molar-refractivity contribution < 1.29 is 9.59 Å². The van der Waals surface area contributed by atoms with E-state index >= 15 is 0 Å². The number of hydrogen-bond acceptors (Lipinski definition) is 3. The average molecular weight is 281 g/mol. The third-order valence-corrected chi connectivity index (χ3v) is 4.49. The monoisotopic (exact) mass is 281 g/mol. The molecule has 2 aliphatic rings. The van der Waals surface area contributed by atoms with E-state index in [1.165, 1.54) is 4.90 Å². The summed E-state index contributed by atoms with van der Waals surface area (Å²) in [5, 5.41) is 6.83. The van der Waals surface area contributed by atoms with Crippen molar-refractivity contribution in [2.45, 2.75) is 19.3 Å². The molecule has 1 saturated heterocycles. The van der Waals surface area contributed by atoms with E-state index in [0.717, 1.165) is 30.5 Å². The number of piperidine rings is 1. The minimum absolute atomic E-state index is 0.0171. The number of nitrogens with zero attached hydrogens (tertiary/aromatic N) is 2. The lowest BCUT2D eigenvalue weighted by molar-refractivity contribution is -0.132. The Kier molecular flexibility index (Phi) is 2.67. The first-order chi connectivity index (χ1) is 10.2. The average Bonchev–Trinajstić information content (AvgIpc) is 3.17. The van der Waals surface area contributed by atoms with Crippen LogP contribution >= 0.6 is 0 Å². The Balaban J connectivity index is 1.74. The molecule has 2 fully saturated rings. The Labute approximate surface area is 122 Å². The number of rotatable bonds is 2. The van der Waals surface area contributed by atoms with Crippen LogP contribution in [0.4, 0.5) is 5.69 Å². The normalized spacial score (nSPS) is 24.7. The molecule has 0 radical (unpaired) electrons. The molecule has 4 rings (SSSR count). The highest BCUT2D eigenvalue weighted by Crippen LogP contribution is 2.40. The van der Waals surface area contributed by atoms with Crippen molar-refractivity contribution in [1.82, 2.24) is 10.2 Å². The van der Waals surface area contributed by atoms with Gasteiger partial charge in [0.25, 0.3) is 0 Å². The number of imide groups is 1. The fraction of sp³-hybridized carbons (Fsp3) is 0.312. The molecule has 2 atom stereocenters. The number of carbonyl (C=O) groups excluding carboxylic acids is 2. The molecule has 1 aliphatic carbocycles. The summed E-state index contributed by atoms with van der Waals surface area (Å²) in [6, 6.07) is 9.35. The molecule has 5 heteroatoms. The summed E-state index contributed by atoms with van der Waals surface area (Å²) in [6.07, 6.45) is 4.09. The first-order valence-corrected chi connectivity index (χ1v) is 7.21. The second kappa shape index (κ2) is 4.55. The van der Waals surface area contributed by atoms with Crippen molar-refractivity contribution in [3.63, 3.8) is 0 Å². The number of aromatic amines is 1. The second-order valence-electron chi connectivity index (χ2n) is 5.74. The van der Waals surface area contributed by atoms with Gasteiger partial charge in [-0.05, 0) is 37.5 Å². The maximum atomic E-state index is 12.5. The topological polar surface area (TPSA) is 66.1 Å². The highest BCUT2D eigenvalue weighted by Gasteiger charge is 2.45. The minimum Gasteiger partial charge on any atom is -0.278 e. The maximum Gasteiger partial charge on any atom is 0.236 e. The molecule has 1 saturated carbocycles. The van der Waals surface area contributed by atoms with E-state index in [9.17, 15) is 9.59 Å². The molecular weight excluding hydrogens is 266 g/mol. The zero-order chi connectivity index (χ0) is 14.4. The number of aromatic nitrogens is 2. The van der Waals surface area contributed by atoms with E-state index in [1.54, 1.807) is 6.20 Å². The van der Waals surface area contributed by atoms with Crippen molar-refractivity contribution in [1.29, 1.82) is 0 Å². The molecule has 2 unspecified atom stereocenters. The quantitative estimate of drug-likeness (QED) is 0.859. The van der Waals surface area contributed by atoms with Gasteiger partial charge in [0.1, 0.15) is 0 Å². The second-order valence-corrected chi connectivity index (χ2v) is 5.74. The zero-order valence-corrected chi connectivity index (χ0v) is 11.5. The fourth-order valence-electron chi connectivity index (χ4n) is 3.39. The number of hydrogen-bond donors (Lipinski definition) is 1. The van der Waals surface area contributed by atoms with Crippen molar-refractivity contribution in [3.8, 4) is 11.3 Å². The van der Waals surface area contributed by atoms with Gasteiger partial charge in [-0.2, -0.15) is 5.10 Å². The van der Waals surface area contributed by atoms with Gasteiger partial charge in [-0.25, -0.2) is 0 Å².